The van der Waals surface area contributed by atoms with Gasteiger partial charge >= 0.3 is 5.97 Å². The minimum absolute atomic E-state index is 0.0901. The van der Waals surface area contributed by atoms with E-state index in [1.165, 1.54) is 0 Å². The van der Waals surface area contributed by atoms with Crippen molar-refractivity contribution in [2.45, 2.75) is 6.42 Å². The Labute approximate surface area is 122 Å². The Morgan fingerprint density at radius 3 is 2.10 bits per heavy atom. The summed E-state index contributed by atoms with van der Waals surface area (Å²) in [6.45, 7) is 0. The van der Waals surface area contributed by atoms with E-state index in [1.54, 1.807) is 60.7 Å². The van der Waals surface area contributed by atoms with Gasteiger partial charge in [0.1, 0.15) is 5.75 Å². The topological polar surface area (TPSA) is 63.6 Å². The van der Waals surface area contributed by atoms with Crippen LogP contribution in [0.5, 0.6) is 5.75 Å². The van der Waals surface area contributed by atoms with Crippen LogP contribution in [0.15, 0.2) is 72.5 Å². The minimum atomic E-state index is -0.743. The van der Waals surface area contributed by atoms with E-state index < -0.39 is 5.97 Å². The lowest BCUT2D eigenvalue weighted by Gasteiger charge is -2.06. The molecule has 0 aromatic heterocycles. The third-order valence-electron chi connectivity index (χ3n) is 2.82. The number of hydrogen-bond acceptors (Lipinski definition) is 4. The van der Waals surface area contributed by atoms with Crippen molar-refractivity contribution in [2.24, 2.45) is 0 Å². The van der Waals surface area contributed by atoms with Crippen LogP contribution >= 0.6 is 0 Å². The highest BCUT2D eigenvalue weighted by atomic mass is 16.5. The SMILES string of the molecule is O=C(Oc1ccccc1)C(=CO)CC(=O)c1ccccc1. The van der Waals surface area contributed by atoms with Crippen molar-refractivity contribution in [2.75, 3.05) is 0 Å². The van der Waals surface area contributed by atoms with Crippen LogP contribution in [0.1, 0.15) is 16.8 Å². The second kappa shape index (κ2) is 7.05. The second-order valence-electron chi connectivity index (χ2n) is 4.32. The molecule has 0 aliphatic rings. The van der Waals surface area contributed by atoms with Crippen LogP contribution < -0.4 is 4.74 Å². The molecule has 21 heavy (non-hydrogen) atoms. The van der Waals surface area contributed by atoms with E-state index in [-0.39, 0.29) is 17.8 Å². The summed E-state index contributed by atoms with van der Waals surface area (Å²) in [6.07, 6.45) is 0.401. The van der Waals surface area contributed by atoms with Crippen LogP contribution in [0, 0.1) is 0 Å². The molecule has 0 fully saturated rings. The summed E-state index contributed by atoms with van der Waals surface area (Å²) in [4.78, 5) is 23.9. The summed E-state index contributed by atoms with van der Waals surface area (Å²) < 4.78 is 5.08. The maximum absolute atomic E-state index is 12.0. The second-order valence-corrected chi connectivity index (χ2v) is 4.32. The highest BCUT2D eigenvalue weighted by Crippen LogP contribution is 2.14. The summed E-state index contributed by atoms with van der Waals surface area (Å²) in [5.41, 5.74) is 0.386. The van der Waals surface area contributed by atoms with Crippen LogP contribution in [0.3, 0.4) is 0 Å². The number of rotatable bonds is 5. The normalized spacial score (nSPS) is 11.0. The molecule has 4 nitrogen and oxygen atoms in total. The Balaban J connectivity index is 2.03. The fraction of sp³-hybridized carbons (Fsp3) is 0.0588. The number of hydrogen-bond donors (Lipinski definition) is 1. The molecule has 0 saturated carbocycles. The number of aliphatic hydroxyl groups is 1. The number of carbonyl (C=O) groups is 2. The number of carbonyl (C=O) groups excluding carboxylic acids is 2. The molecule has 0 aliphatic heterocycles. The van der Waals surface area contributed by atoms with Crippen molar-refractivity contribution in [1.82, 2.24) is 0 Å². The molecule has 0 saturated heterocycles. The summed E-state index contributed by atoms with van der Waals surface area (Å²) >= 11 is 0. The number of aliphatic hydroxyl groups excluding tert-OH is 1. The van der Waals surface area contributed by atoms with Gasteiger partial charge in [-0.1, -0.05) is 48.5 Å². The third-order valence-corrected chi connectivity index (χ3v) is 2.82. The van der Waals surface area contributed by atoms with Crippen LogP contribution in [0.4, 0.5) is 0 Å². The van der Waals surface area contributed by atoms with Gasteiger partial charge in [-0.15, -0.1) is 0 Å². The van der Waals surface area contributed by atoms with Gasteiger partial charge in [-0.25, -0.2) is 4.79 Å². The van der Waals surface area contributed by atoms with Crippen molar-refractivity contribution >= 4 is 11.8 Å². The van der Waals surface area contributed by atoms with Crippen LogP contribution in [0.25, 0.3) is 0 Å². The predicted molar refractivity (Wildman–Crippen MR) is 78.2 cm³/mol. The molecule has 0 atom stereocenters. The molecule has 2 aromatic rings. The van der Waals surface area contributed by atoms with Gasteiger partial charge in [0.25, 0.3) is 0 Å². The average Bonchev–Trinajstić information content (AvgIpc) is 2.54. The Morgan fingerprint density at radius 2 is 1.52 bits per heavy atom. The van der Waals surface area contributed by atoms with Gasteiger partial charge in [0.2, 0.25) is 0 Å². The summed E-state index contributed by atoms with van der Waals surface area (Å²) in [7, 11) is 0. The lowest BCUT2D eigenvalue weighted by molar-refractivity contribution is -0.130. The first-order valence-corrected chi connectivity index (χ1v) is 6.39. The summed E-state index contributed by atoms with van der Waals surface area (Å²) in [5.74, 6) is -0.650. The molecule has 0 aliphatic carbocycles. The standard InChI is InChI=1S/C17H14O4/c18-12-14(11-16(19)13-7-3-1-4-8-13)17(20)21-15-9-5-2-6-10-15/h1-10,12,18H,11H2. The van der Waals surface area contributed by atoms with E-state index >= 15 is 0 Å². The molecule has 0 heterocycles. The molecule has 4 heteroatoms. The third kappa shape index (κ3) is 4.04. The van der Waals surface area contributed by atoms with Crippen LogP contribution in [-0.4, -0.2) is 16.9 Å². The zero-order chi connectivity index (χ0) is 15.1. The lowest BCUT2D eigenvalue weighted by Crippen LogP contribution is -2.14. The molecule has 106 valence electrons. The van der Waals surface area contributed by atoms with Crippen LogP contribution in [-0.2, 0) is 4.79 Å². The molecule has 0 spiro atoms. The highest BCUT2D eigenvalue weighted by molar-refractivity contribution is 6.03. The molecule has 0 unspecified atom stereocenters. The summed E-state index contributed by atoms with van der Waals surface area (Å²) in [5, 5.41) is 9.16. The van der Waals surface area contributed by atoms with Gasteiger partial charge < -0.3 is 9.84 Å². The fourth-order valence-electron chi connectivity index (χ4n) is 1.73. The monoisotopic (exact) mass is 282 g/mol. The molecule has 0 bridgehead atoms. The van der Waals surface area contributed by atoms with E-state index in [1.807, 2.05) is 0 Å². The van der Waals surface area contributed by atoms with Gasteiger partial charge in [0.15, 0.2) is 5.78 Å². The largest absolute Gasteiger partial charge is 0.515 e. The van der Waals surface area contributed by atoms with Gasteiger partial charge in [-0.3, -0.25) is 4.79 Å². The molecule has 0 radical (unpaired) electrons. The molecular formula is C17H14O4. The zero-order valence-electron chi connectivity index (χ0n) is 11.2. The zero-order valence-corrected chi connectivity index (χ0v) is 11.2. The quantitative estimate of drug-likeness (QED) is 0.300. The molecule has 2 aromatic carbocycles. The van der Waals surface area contributed by atoms with E-state index in [0.717, 1.165) is 0 Å². The van der Waals surface area contributed by atoms with Gasteiger partial charge in [0, 0.05) is 12.0 Å². The maximum atomic E-state index is 12.0. The minimum Gasteiger partial charge on any atom is -0.515 e. The van der Waals surface area contributed by atoms with Crippen LogP contribution in [0.2, 0.25) is 0 Å². The maximum Gasteiger partial charge on any atom is 0.342 e. The van der Waals surface area contributed by atoms with Crippen molar-refractivity contribution in [3.05, 3.63) is 78.1 Å². The average molecular weight is 282 g/mol. The van der Waals surface area contributed by atoms with E-state index in [2.05, 4.69) is 0 Å². The van der Waals surface area contributed by atoms with Crippen molar-refractivity contribution in [1.29, 1.82) is 0 Å². The van der Waals surface area contributed by atoms with Crippen molar-refractivity contribution in [3.63, 3.8) is 0 Å². The predicted octanol–water partition coefficient (Wildman–Crippen LogP) is 3.31. The first-order chi connectivity index (χ1) is 10.2. The number of Topliss-reactive ketones (excluding diaryl/α,β-unsaturated/α-hetero) is 1. The molecule has 0 amide bonds. The number of para-hydroxylation sites is 1. The number of benzene rings is 2. The van der Waals surface area contributed by atoms with E-state index in [4.69, 9.17) is 9.84 Å². The smallest absolute Gasteiger partial charge is 0.342 e. The summed E-state index contributed by atoms with van der Waals surface area (Å²) in [6, 6.07) is 17.0. The van der Waals surface area contributed by atoms with E-state index in [9.17, 15) is 9.59 Å². The van der Waals surface area contributed by atoms with Gasteiger partial charge in [0.05, 0.1) is 11.8 Å². The molecule has 1 N–H and O–H groups in total. The number of ketones is 1. The number of esters is 1. The van der Waals surface area contributed by atoms with Gasteiger partial charge in [-0.05, 0) is 12.1 Å². The van der Waals surface area contributed by atoms with E-state index in [0.29, 0.717) is 17.6 Å². The Morgan fingerprint density at radius 1 is 0.952 bits per heavy atom. The first-order valence-electron chi connectivity index (χ1n) is 6.39. The molecular weight excluding hydrogens is 268 g/mol. The van der Waals surface area contributed by atoms with Crippen molar-refractivity contribution < 1.29 is 19.4 Å². The van der Waals surface area contributed by atoms with Gasteiger partial charge in [-0.2, -0.15) is 0 Å². The highest BCUT2D eigenvalue weighted by Gasteiger charge is 2.17. The molecule has 2 rings (SSSR count). The Kier molecular flexibility index (Phi) is 4.88. The number of ether oxygens (including phenoxy) is 1. The lowest BCUT2D eigenvalue weighted by atomic mass is 10.0. The first kappa shape index (κ1) is 14.5. The Bertz CT molecular complexity index is 645. The van der Waals surface area contributed by atoms with Crippen molar-refractivity contribution in [3.8, 4) is 5.75 Å². The Hall–Kier alpha value is -2.88. The fourth-order valence-corrected chi connectivity index (χ4v) is 1.73.